The molecule has 1 fully saturated rings. The predicted molar refractivity (Wildman–Crippen MR) is 79.6 cm³/mol. The van der Waals surface area contributed by atoms with E-state index in [-0.39, 0.29) is 16.7 Å². The Morgan fingerprint density at radius 1 is 1.42 bits per heavy atom. The van der Waals surface area contributed by atoms with Gasteiger partial charge >= 0.3 is 0 Å². The quantitative estimate of drug-likeness (QED) is 0.662. The molecule has 1 saturated carbocycles. The van der Waals surface area contributed by atoms with Gasteiger partial charge in [-0.15, -0.1) is 0 Å². The highest BCUT2D eigenvalue weighted by atomic mass is 32.2. The van der Waals surface area contributed by atoms with Crippen molar-refractivity contribution in [2.24, 2.45) is 0 Å². The number of benzene rings is 1. The summed E-state index contributed by atoms with van der Waals surface area (Å²) in [5.41, 5.74) is 0.987. The first-order valence-electron chi connectivity index (χ1n) is 6.65. The molecule has 0 aromatic heterocycles. The molecule has 0 spiro atoms. The van der Waals surface area contributed by atoms with Crippen molar-refractivity contribution < 1.29 is 4.92 Å². The molecule has 0 saturated heterocycles. The van der Waals surface area contributed by atoms with Gasteiger partial charge < -0.3 is 5.32 Å². The summed E-state index contributed by atoms with van der Waals surface area (Å²) < 4.78 is 0. The van der Waals surface area contributed by atoms with Crippen molar-refractivity contribution in [2.75, 3.05) is 6.26 Å². The molecule has 1 aliphatic carbocycles. The van der Waals surface area contributed by atoms with Gasteiger partial charge in [-0.1, -0.05) is 24.6 Å². The first-order valence-corrected chi connectivity index (χ1v) is 7.94. The highest BCUT2D eigenvalue weighted by Crippen LogP contribution is 2.31. The Kier molecular flexibility index (Phi) is 4.82. The zero-order valence-electron chi connectivity index (χ0n) is 11.3. The Labute approximate surface area is 118 Å². The first-order chi connectivity index (χ1) is 9.13. The molecule has 0 aliphatic heterocycles. The maximum atomic E-state index is 11.1. The largest absolute Gasteiger partial charge is 0.306 e. The molecule has 0 bridgehead atoms. The maximum absolute atomic E-state index is 11.1. The smallest absolute Gasteiger partial charge is 0.274 e. The molecule has 0 heterocycles. The van der Waals surface area contributed by atoms with Crippen LogP contribution in [0, 0.1) is 10.1 Å². The monoisotopic (exact) mass is 280 g/mol. The average molecular weight is 280 g/mol. The fourth-order valence-electron chi connectivity index (χ4n) is 2.83. The number of nitro groups is 1. The molecule has 3 atom stereocenters. The van der Waals surface area contributed by atoms with Crippen LogP contribution >= 0.6 is 11.8 Å². The summed E-state index contributed by atoms with van der Waals surface area (Å²) in [6.45, 7) is 2.01. The fraction of sp³-hybridized carbons (Fsp3) is 0.571. The molecule has 104 valence electrons. The number of rotatable bonds is 5. The third-order valence-corrected chi connectivity index (χ3v) is 4.99. The fourth-order valence-corrected chi connectivity index (χ4v) is 3.78. The zero-order valence-corrected chi connectivity index (χ0v) is 12.2. The van der Waals surface area contributed by atoms with Crippen LogP contribution in [0.3, 0.4) is 0 Å². The average Bonchev–Trinajstić information content (AvgIpc) is 2.85. The Balaban J connectivity index is 2.11. The Morgan fingerprint density at radius 2 is 2.16 bits per heavy atom. The van der Waals surface area contributed by atoms with Crippen LogP contribution in [-0.2, 0) is 0 Å². The lowest BCUT2D eigenvalue weighted by atomic mass is 10.0. The standard InChI is InChI=1S/C14H20N2O2S/c1-10(15-12-7-5-9-14(12)19-2)11-6-3-4-8-13(11)16(17)18/h3-4,6,8,10,12,14-15H,5,7,9H2,1-2H3. The molecule has 1 aromatic carbocycles. The van der Waals surface area contributed by atoms with Gasteiger partial charge in [-0.3, -0.25) is 10.1 Å². The SMILES string of the molecule is CSC1CCCC1NC(C)c1ccccc1[N+](=O)[O-]. The lowest BCUT2D eigenvalue weighted by molar-refractivity contribution is -0.385. The van der Waals surface area contributed by atoms with E-state index in [0.29, 0.717) is 11.3 Å². The van der Waals surface area contributed by atoms with E-state index in [2.05, 4.69) is 11.6 Å². The van der Waals surface area contributed by atoms with E-state index in [1.807, 2.05) is 30.8 Å². The highest BCUT2D eigenvalue weighted by Gasteiger charge is 2.29. The van der Waals surface area contributed by atoms with Crippen molar-refractivity contribution in [1.29, 1.82) is 0 Å². The molecular formula is C14H20N2O2S. The normalized spacial score (nSPS) is 24.3. The van der Waals surface area contributed by atoms with E-state index >= 15 is 0 Å². The Morgan fingerprint density at radius 3 is 2.84 bits per heavy atom. The van der Waals surface area contributed by atoms with E-state index in [0.717, 1.165) is 12.0 Å². The third-order valence-electron chi connectivity index (χ3n) is 3.82. The minimum Gasteiger partial charge on any atom is -0.306 e. The molecule has 5 heteroatoms. The second-order valence-corrected chi connectivity index (χ2v) is 6.09. The van der Waals surface area contributed by atoms with Gasteiger partial charge in [0.15, 0.2) is 0 Å². The van der Waals surface area contributed by atoms with Crippen LogP contribution in [0.15, 0.2) is 24.3 Å². The van der Waals surface area contributed by atoms with Gasteiger partial charge in [-0.25, -0.2) is 0 Å². The molecule has 1 N–H and O–H groups in total. The lowest BCUT2D eigenvalue weighted by Crippen LogP contribution is -2.36. The molecule has 2 rings (SSSR count). The molecule has 1 aliphatic rings. The van der Waals surface area contributed by atoms with Crippen LogP contribution in [0.5, 0.6) is 0 Å². The van der Waals surface area contributed by atoms with Gasteiger partial charge in [0, 0.05) is 29.0 Å². The summed E-state index contributed by atoms with van der Waals surface area (Å²) >= 11 is 1.89. The van der Waals surface area contributed by atoms with Crippen LogP contribution in [0.25, 0.3) is 0 Å². The lowest BCUT2D eigenvalue weighted by Gasteiger charge is -2.24. The van der Waals surface area contributed by atoms with Crippen LogP contribution in [0.4, 0.5) is 5.69 Å². The zero-order chi connectivity index (χ0) is 13.8. The van der Waals surface area contributed by atoms with Gasteiger partial charge in [0.1, 0.15) is 0 Å². The molecule has 19 heavy (non-hydrogen) atoms. The minimum absolute atomic E-state index is 0.0133. The number of thioether (sulfide) groups is 1. The number of hydrogen-bond donors (Lipinski definition) is 1. The van der Waals surface area contributed by atoms with Gasteiger partial charge in [0.25, 0.3) is 5.69 Å². The van der Waals surface area contributed by atoms with E-state index in [9.17, 15) is 10.1 Å². The topological polar surface area (TPSA) is 55.2 Å². The first kappa shape index (κ1) is 14.3. The van der Waals surface area contributed by atoms with Crippen LogP contribution in [0.1, 0.15) is 37.8 Å². The van der Waals surface area contributed by atoms with Crippen molar-refractivity contribution in [3.05, 3.63) is 39.9 Å². The Hall–Kier alpha value is -1.07. The Bertz CT molecular complexity index is 453. The van der Waals surface area contributed by atoms with Crippen LogP contribution < -0.4 is 5.32 Å². The van der Waals surface area contributed by atoms with Crippen molar-refractivity contribution in [2.45, 2.75) is 43.5 Å². The molecule has 3 unspecified atom stereocenters. The molecule has 0 radical (unpaired) electrons. The predicted octanol–water partition coefficient (Wildman–Crippen LogP) is 3.53. The summed E-state index contributed by atoms with van der Waals surface area (Å²) in [6, 6.07) is 7.48. The van der Waals surface area contributed by atoms with Gasteiger partial charge in [-0.2, -0.15) is 11.8 Å². The number of para-hydroxylation sites is 1. The number of nitro benzene ring substituents is 1. The van der Waals surface area contributed by atoms with E-state index in [1.54, 1.807) is 12.1 Å². The third kappa shape index (κ3) is 3.28. The van der Waals surface area contributed by atoms with E-state index in [4.69, 9.17) is 0 Å². The van der Waals surface area contributed by atoms with E-state index < -0.39 is 0 Å². The van der Waals surface area contributed by atoms with Crippen molar-refractivity contribution in [3.8, 4) is 0 Å². The number of hydrogen-bond acceptors (Lipinski definition) is 4. The number of nitrogens with one attached hydrogen (secondary N) is 1. The van der Waals surface area contributed by atoms with Crippen molar-refractivity contribution in [1.82, 2.24) is 5.32 Å². The summed E-state index contributed by atoms with van der Waals surface area (Å²) in [6.07, 6.45) is 5.78. The van der Waals surface area contributed by atoms with Gasteiger partial charge in [0.05, 0.1) is 4.92 Å². The molecule has 4 nitrogen and oxygen atoms in total. The summed E-state index contributed by atoms with van der Waals surface area (Å²) in [5.74, 6) is 0. The van der Waals surface area contributed by atoms with Gasteiger partial charge in [0.2, 0.25) is 0 Å². The maximum Gasteiger partial charge on any atom is 0.274 e. The minimum atomic E-state index is -0.297. The van der Waals surface area contributed by atoms with Crippen molar-refractivity contribution in [3.63, 3.8) is 0 Å². The number of nitrogens with zero attached hydrogens (tertiary/aromatic N) is 1. The second kappa shape index (κ2) is 6.39. The molecule has 1 aromatic rings. The van der Waals surface area contributed by atoms with Gasteiger partial charge in [-0.05, 0) is 26.0 Å². The summed E-state index contributed by atoms with van der Waals surface area (Å²) in [7, 11) is 0. The molecular weight excluding hydrogens is 260 g/mol. The molecule has 0 amide bonds. The van der Waals surface area contributed by atoms with Crippen LogP contribution in [-0.4, -0.2) is 22.5 Å². The second-order valence-electron chi connectivity index (χ2n) is 5.02. The highest BCUT2D eigenvalue weighted by molar-refractivity contribution is 7.99. The van der Waals surface area contributed by atoms with Crippen molar-refractivity contribution >= 4 is 17.4 Å². The summed E-state index contributed by atoms with van der Waals surface area (Å²) in [5, 5.41) is 15.3. The summed E-state index contributed by atoms with van der Waals surface area (Å²) in [4.78, 5) is 10.8. The van der Waals surface area contributed by atoms with Crippen LogP contribution in [0.2, 0.25) is 0 Å². The van der Waals surface area contributed by atoms with E-state index in [1.165, 1.54) is 12.8 Å².